The summed E-state index contributed by atoms with van der Waals surface area (Å²) in [5.74, 6) is 0.714. The van der Waals surface area contributed by atoms with Gasteiger partial charge in [0.2, 0.25) is 5.95 Å². The number of nitrogen functional groups attached to an aromatic ring is 1. The van der Waals surface area contributed by atoms with Gasteiger partial charge in [0, 0.05) is 28.6 Å². The molecule has 1 heterocycles. The molecule has 0 saturated heterocycles. The minimum atomic E-state index is -0.280. The molecule has 2 rings (SSSR count). The van der Waals surface area contributed by atoms with Crippen LogP contribution >= 0.6 is 0 Å². The third kappa shape index (κ3) is 4.18. The minimum absolute atomic E-state index is 0.116. The van der Waals surface area contributed by atoms with Crippen molar-refractivity contribution < 1.29 is 4.79 Å². The van der Waals surface area contributed by atoms with E-state index >= 15 is 0 Å². The molecule has 22 heavy (non-hydrogen) atoms. The normalized spacial score (nSPS) is 11.1. The van der Waals surface area contributed by atoms with Crippen LogP contribution in [0.4, 0.5) is 17.5 Å². The summed E-state index contributed by atoms with van der Waals surface area (Å²) in [7, 11) is 0. The predicted octanol–water partition coefficient (Wildman–Crippen LogP) is 2.64. The summed E-state index contributed by atoms with van der Waals surface area (Å²) in [6.07, 6.45) is 1.65. The standard InChI is InChI=1S/C16H21N5O/c1-10-9-18-15(17)20-13(10)19-12-7-5-6-11(8-12)14(22)21-16(2,3)4/h5-9H,1-4H3,(H,21,22)(H3,17,18,19,20). The van der Waals surface area contributed by atoms with Crippen molar-refractivity contribution in [2.24, 2.45) is 0 Å². The van der Waals surface area contributed by atoms with E-state index in [-0.39, 0.29) is 17.4 Å². The molecule has 4 N–H and O–H groups in total. The molecule has 6 heteroatoms. The van der Waals surface area contributed by atoms with Gasteiger partial charge in [-0.3, -0.25) is 4.79 Å². The second-order valence-corrected chi connectivity index (χ2v) is 6.17. The molecule has 1 aromatic heterocycles. The topological polar surface area (TPSA) is 92.9 Å². The summed E-state index contributed by atoms with van der Waals surface area (Å²) in [5.41, 5.74) is 7.55. The molecular formula is C16H21N5O. The Morgan fingerprint density at radius 1 is 1.27 bits per heavy atom. The number of carbonyl (C=O) groups excluding carboxylic acids is 1. The molecule has 0 aliphatic carbocycles. The molecule has 0 saturated carbocycles. The van der Waals surface area contributed by atoms with E-state index < -0.39 is 0 Å². The monoisotopic (exact) mass is 299 g/mol. The van der Waals surface area contributed by atoms with Crippen LogP contribution in [0.1, 0.15) is 36.7 Å². The summed E-state index contributed by atoms with van der Waals surface area (Å²) >= 11 is 0. The number of aryl methyl sites for hydroxylation is 1. The lowest BCUT2D eigenvalue weighted by Crippen LogP contribution is -2.40. The van der Waals surface area contributed by atoms with Gasteiger partial charge < -0.3 is 16.4 Å². The zero-order valence-electron chi connectivity index (χ0n) is 13.3. The lowest BCUT2D eigenvalue weighted by atomic mass is 10.1. The van der Waals surface area contributed by atoms with Crippen molar-refractivity contribution >= 4 is 23.4 Å². The highest BCUT2D eigenvalue weighted by Gasteiger charge is 2.15. The number of nitrogens with two attached hydrogens (primary N) is 1. The van der Waals surface area contributed by atoms with Crippen LogP contribution in [0.2, 0.25) is 0 Å². The van der Waals surface area contributed by atoms with E-state index in [0.29, 0.717) is 11.4 Å². The van der Waals surface area contributed by atoms with Crippen molar-refractivity contribution in [2.45, 2.75) is 33.2 Å². The van der Waals surface area contributed by atoms with Crippen LogP contribution in [-0.4, -0.2) is 21.4 Å². The van der Waals surface area contributed by atoms with Crippen LogP contribution in [0.25, 0.3) is 0 Å². The Morgan fingerprint density at radius 3 is 2.68 bits per heavy atom. The second-order valence-electron chi connectivity index (χ2n) is 6.17. The largest absolute Gasteiger partial charge is 0.368 e. The summed E-state index contributed by atoms with van der Waals surface area (Å²) < 4.78 is 0. The van der Waals surface area contributed by atoms with Gasteiger partial charge in [0.25, 0.3) is 5.91 Å². The van der Waals surface area contributed by atoms with Gasteiger partial charge in [0.1, 0.15) is 5.82 Å². The number of benzene rings is 1. The van der Waals surface area contributed by atoms with E-state index in [1.807, 2.05) is 39.8 Å². The first-order valence-corrected chi connectivity index (χ1v) is 7.03. The number of carbonyl (C=O) groups is 1. The van der Waals surface area contributed by atoms with Crippen LogP contribution in [0.3, 0.4) is 0 Å². The molecule has 0 radical (unpaired) electrons. The number of hydrogen-bond acceptors (Lipinski definition) is 5. The fourth-order valence-electron chi connectivity index (χ4n) is 1.87. The molecule has 0 aliphatic heterocycles. The van der Waals surface area contributed by atoms with Crippen LogP contribution in [0, 0.1) is 6.92 Å². The lowest BCUT2D eigenvalue weighted by molar-refractivity contribution is 0.0919. The van der Waals surface area contributed by atoms with Crippen LogP contribution in [-0.2, 0) is 0 Å². The molecule has 116 valence electrons. The third-order valence-corrected chi connectivity index (χ3v) is 2.87. The van der Waals surface area contributed by atoms with Crippen molar-refractivity contribution in [1.82, 2.24) is 15.3 Å². The zero-order valence-corrected chi connectivity index (χ0v) is 13.3. The van der Waals surface area contributed by atoms with Gasteiger partial charge in [-0.05, 0) is 45.9 Å². The third-order valence-electron chi connectivity index (χ3n) is 2.87. The molecule has 6 nitrogen and oxygen atoms in total. The Hall–Kier alpha value is -2.63. The number of hydrogen-bond donors (Lipinski definition) is 3. The fourth-order valence-corrected chi connectivity index (χ4v) is 1.87. The molecule has 0 aliphatic rings. The van der Waals surface area contributed by atoms with Gasteiger partial charge in [-0.15, -0.1) is 0 Å². The average Bonchev–Trinajstić information content (AvgIpc) is 2.41. The number of amides is 1. The minimum Gasteiger partial charge on any atom is -0.368 e. The first kappa shape index (κ1) is 15.8. The maximum Gasteiger partial charge on any atom is 0.251 e. The van der Waals surface area contributed by atoms with E-state index in [0.717, 1.165) is 11.3 Å². The summed E-state index contributed by atoms with van der Waals surface area (Å²) in [6.45, 7) is 7.72. The molecule has 0 atom stereocenters. The van der Waals surface area contributed by atoms with Crippen LogP contribution in [0.5, 0.6) is 0 Å². The Bertz CT molecular complexity index is 691. The van der Waals surface area contributed by atoms with Gasteiger partial charge in [0.15, 0.2) is 0 Å². The Labute approximate surface area is 130 Å². The molecule has 0 spiro atoms. The lowest BCUT2D eigenvalue weighted by Gasteiger charge is -2.20. The van der Waals surface area contributed by atoms with Crippen molar-refractivity contribution in [3.8, 4) is 0 Å². The molecule has 0 fully saturated rings. The van der Waals surface area contributed by atoms with E-state index in [4.69, 9.17) is 5.73 Å². The van der Waals surface area contributed by atoms with E-state index in [1.165, 1.54) is 0 Å². The maximum absolute atomic E-state index is 12.2. The first-order valence-electron chi connectivity index (χ1n) is 7.03. The SMILES string of the molecule is Cc1cnc(N)nc1Nc1cccc(C(=O)NC(C)(C)C)c1. The van der Waals surface area contributed by atoms with Gasteiger partial charge in [-0.1, -0.05) is 6.07 Å². The van der Waals surface area contributed by atoms with Crippen molar-refractivity contribution in [2.75, 3.05) is 11.1 Å². The number of nitrogens with zero attached hydrogens (tertiary/aromatic N) is 2. The van der Waals surface area contributed by atoms with Crippen molar-refractivity contribution in [3.05, 3.63) is 41.6 Å². The number of rotatable bonds is 3. The average molecular weight is 299 g/mol. The van der Waals surface area contributed by atoms with Crippen LogP contribution < -0.4 is 16.4 Å². The Balaban J connectivity index is 2.22. The second kappa shape index (κ2) is 6.01. The Kier molecular flexibility index (Phi) is 4.30. The molecule has 2 aromatic rings. The quantitative estimate of drug-likeness (QED) is 0.810. The summed E-state index contributed by atoms with van der Waals surface area (Å²) in [5, 5.41) is 6.09. The van der Waals surface area contributed by atoms with E-state index in [9.17, 15) is 4.79 Å². The van der Waals surface area contributed by atoms with Gasteiger partial charge in [-0.2, -0.15) is 4.98 Å². The highest BCUT2D eigenvalue weighted by atomic mass is 16.1. The highest BCUT2D eigenvalue weighted by Crippen LogP contribution is 2.19. The maximum atomic E-state index is 12.2. The van der Waals surface area contributed by atoms with Crippen molar-refractivity contribution in [3.63, 3.8) is 0 Å². The summed E-state index contributed by atoms with van der Waals surface area (Å²) in [6, 6.07) is 7.23. The van der Waals surface area contributed by atoms with Gasteiger partial charge in [-0.25, -0.2) is 4.98 Å². The molecule has 1 amide bonds. The van der Waals surface area contributed by atoms with Crippen molar-refractivity contribution in [1.29, 1.82) is 0 Å². The zero-order chi connectivity index (χ0) is 16.3. The van der Waals surface area contributed by atoms with Crippen LogP contribution in [0.15, 0.2) is 30.5 Å². The van der Waals surface area contributed by atoms with Gasteiger partial charge >= 0.3 is 0 Å². The van der Waals surface area contributed by atoms with Gasteiger partial charge in [0.05, 0.1) is 0 Å². The predicted molar refractivity (Wildman–Crippen MR) is 88.1 cm³/mol. The first-order chi connectivity index (χ1) is 10.2. The number of nitrogens with one attached hydrogen (secondary N) is 2. The number of aromatic nitrogens is 2. The Morgan fingerprint density at radius 2 is 2.00 bits per heavy atom. The molecule has 0 unspecified atom stereocenters. The molecular weight excluding hydrogens is 278 g/mol. The molecule has 1 aromatic carbocycles. The fraction of sp³-hybridized carbons (Fsp3) is 0.312. The van der Waals surface area contributed by atoms with E-state index in [2.05, 4.69) is 20.6 Å². The highest BCUT2D eigenvalue weighted by molar-refractivity contribution is 5.95. The smallest absolute Gasteiger partial charge is 0.251 e. The molecule has 0 bridgehead atoms. The summed E-state index contributed by atoms with van der Waals surface area (Å²) in [4.78, 5) is 20.3. The number of anilines is 3. The van der Waals surface area contributed by atoms with E-state index in [1.54, 1.807) is 18.3 Å².